The molecule has 0 spiro atoms. The maximum Gasteiger partial charge on any atom is 0.244 e. The molecule has 0 bridgehead atoms. The van der Waals surface area contributed by atoms with E-state index in [1.807, 2.05) is 42.5 Å². The van der Waals surface area contributed by atoms with Gasteiger partial charge in [-0.2, -0.15) is 0 Å². The molecule has 108 valence electrons. The lowest BCUT2D eigenvalue weighted by Crippen LogP contribution is -2.23. The number of benzene rings is 2. The summed E-state index contributed by atoms with van der Waals surface area (Å²) in [7, 11) is 1.62. The molecule has 3 nitrogen and oxygen atoms in total. The third-order valence-electron chi connectivity index (χ3n) is 3.11. The summed E-state index contributed by atoms with van der Waals surface area (Å²) in [5.41, 5.74) is 2.10. The minimum Gasteiger partial charge on any atom is -0.496 e. The molecule has 0 saturated carbocycles. The van der Waals surface area contributed by atoms with E-state index in [0.29, 0.717) is 6.54 Å². The zero-order chi connectivity index (χ0) is 14.9. The number of rotatable bonds is 6. The number of para-hydroxylation sites is 1. The van der Waals surface area contributed by atoms with Crippen LogP contribution in [0.25, 0.3) is 6.08 Å². The minimum absolute atomic E-state index is 0.100. The summed E-state index contributed by atoms with van der Waals surface area (Å²) >= 11 is 0. The molecule has 2 rings (SSSR count). The van der Waals surface area contributed by atoms with Gasteiger partial charge in [-0.1, -0.05) is 48.5 Å². The number of amides is 1. The van der Waals surface area contributed by atoms with Crippen molar-refractivity contribution in [3.05, 3.63) is 71.8 Å². The Morgan fingerprint density at radius 3 is 2.57 bits per heavy atom. The highest BCUT2D eigenvalue weighted by Gasteiger charge is 1.99. The van der Waals surface area contributed by atoms with Crippen molar-refractivity contribution in [2.24, 2.45) is 0 Å². The maximum atomic E-state index is 11.8. The quantitative estimate of drug-likeness (QED) is 0.826. The lowest BCUT2D eigenvalue weighted by atomic mass is 10.1. The lowest BCUT2D eigenvalue weighted by Gasteiger charge is -2.04. The van der Waals surface area contributed by atoms with Gasteiger partial charge in [0, 0.05) is 18.2 Å². The van der Waals surface area contributed by atoms with Crippen LogP contribution in [-0.4, -0.2) is 19.6 Å². The van der Waals surface area contributed by atoms with Crippen molar-refractivity contribution in [2.75, 3.05) is 13.7 Å². The Kier molecular flexibility index (Phi) is 5.59. The van der Waals surface area contributed by atoms with Crippen molar-refractivity contribution in [1.82, 2.24) is 5.32 Å². The van der Waals surface area contributed by atoms with Crippen molar-refractivity contribution in [3.8, 4) is 5.75 Å². The molecule has 1 N–H and O–H groups in total. The van der Waals surface area contributed by atoms with Gasteiger partial charge in [0.05, 0.1) is 7.11 Å². The fraction of sp³-hybridized carbons (Fsp3) is 0.167. The molecule has 0 fully saturated rings. The predicted octanol–water partition coefficient (Wildman–Crippen LogP) is 3.07. The zero-order valence-electron chi connectivity index (χ0n) is 12.1. The van der Waals surface area contributed by atoms with Crippen LogP contribution in [0.3, 0.4) is 0 Å². The molecule has 0 saturated heterocycles. The molecule has 0 heterocycles. The molecule has 0 aromatic heterocycles. The van der Waals surface area contributed by atoms with Crippen LogP contribution in [0.1, 0.15) is 11.1 Å². The van der Waals surface area contributed by atoms with E-state index in [1.165, 1.54) is 11.6 Å². The Morgan fingerprint density at radius 1 is 1.10 bits per heavy atom. The topological polar surface area (TPSA) is 38.3 Å². The maximum absolute atomic E-state index is 11.8. The molecule has 0 unspecified atom stereocenters. The zero-order valence-corrected chi connectivity index (χ0v) is 12.1. The summed E-state index contributed by atoms with van der Waals surface area (Å²) in [6.07, 6.45) is 4.12. The molecule has 0 aliphatic rings. The molecule has 21 heavy (non-hydrogen) atoms. The standard InChI is InChI=1S/C18H19NO2/c1-21-17-10-6-5-9-16(17)11-12-18(20)19-14-13-15-7-3-2-4-8-15/h2-12H,13-14H2,1H3,(H,19,20). The summed E-state index contributed by atoms with van der Waals surface area (Å²) in [4.78, 5) is 11.8. The molecule has 0 radical (unpaired) electrons. The average molecular weight is 281 g/mol. The Hall–Kier alpha value is -2.55. The number of nitrogens with one attached hydrogen (secondary N) is 1. The smallest absolute Gasteiger partial charge is 0.244 e. The van der Waals surface area contributed by atoms with Gasteiger partial charge in [-0.15, -0.1) is 0 Å². The van der Waals surface area contributed by atoms with Crippen LogP contribution in [0.5, 0.6) is 5.75 Å². The summed E-state index contributed by atoms with van der Waals surface area (Å²) in [5.74, 6) is 0.655. The van der Waals surface area contributed by atoms with Crippen molar-refractivity contribution in [1.29, 1.82) is 0 Å². The molecule has 2 aromatic carbocycles. The van der Waals surface area contributed by atoms with Crippen LogP contribution < -0.4 is 10.1 Å². The number of carbonyl (C=O) groups excluding carboxylic acids is 1. The summed E-state index contributed by atoms with van der Waals surface area (Å²) in [6, 6.07) is 17.7. The van der Waals surface area contributed by atoms with Gasteiger partial charge in [-0.3, -0.25) is 4.79 Å². The Balaban J connectivity index is 1.83. The fourth-order valence-corrected chi connectivity index (χ4v) is 2.00. The van der Waals surface area contributed by atoms with Crippen molar-refractivity contribution >= 4 is 12.0 Å². The molecular weight excluding hydrogens is 262 g/mol. The van der Waals surface area contributed by atoms with Gasteiger partial charge in [0.15, 0.2) is 0 Å². The van der Waals surface area contributed by atoms with E-state index < -0.39 is 0 Å². The number of hydrogen-bond donors (Lipinski definition) is 1. The Labute approximate surface area is 125 Å². The largest absolute Gasteiger partial charge is 0.496 e. The molecule has 2 aromatic rings. The monoisotopic (exact) mass is 281 g/mol. The van der Waals surface area contributed by atoms with E-state index in [-0.39, 0.29) is 5.91 Å². The normalized spacial score (nSPS) is 10.5. The van der Waals surface area contributed by atoms with Crippen molar-refractivity contribution < 1.29 is 9.53 Å². The van der Waals surface area contributed by atoms with E-state index in [2.05, 4.69) is 17.4 Å². The van der Waals surface area contributed by atoms with E-state index >= 15 is 0 Å². The van der Waals surface area contributed by atoms with Crippen molar-refractivity contribution in [3.63, 3.8) is 0 Å². The van der Waals surface area contributed by atoms with Crippen LogP contribution in [0.2, 0.25) is 0 Å². The number of ether oxygens (including phenoxy) is 1. The van der Waals surface area contributed by atoms with Crippen LogP contribution in [0.15, 0.2) is 60.7 Å². The van der Waals surface area contributed by atoms with Crippen LogP contribution in [0, 0.1) is 0 Å². The predicted molar refractivity (Wildman–Crippen MR) is 85.2 cm³/mol. The summed E-state index contributed by atoms with van der Waals surface area (Å²) in [5, 5.41) is 2.87. The first-order chi connectivity index (χ1) is 10.3. The minimum atomic E-state index is -0.100. The second-order valence-corrected chi connectivity index (χ2v) is 4.60. The molecule has 3 heteroatoms. The lowest BCUT2D eigenvalue weighted by molar-refractivity contribution is -0.116. The number of hydrogen-bond acceptors (Lipinski definition) is 2. The Morgan fingerprint density at radius 2 is 1.81 bits per heavy atom. The van der Waals surface area contributed by atoms with Gasteiger partial charge >= 0.3 is 0 Å². The Bertz CT molecular complexity index is 606. The van der Waals surface area contributed by atoms with Gasteiger partial charge in [-0.05, 0) is 24.1 Å². The molecule has 1 amide bonds. The highest BCUT2D eigenvalue weighted by Crippen LogP contribution is 2.18. The third-order valence-corrected chi connectivity index (χ3v) is 3.11. The van der Waals surface area contributed by atoms with Gasteiger partial charge in [0.25, 0.3) is 0 Å². The fourth-order valence-electron chi connectivity index (χ4n) is 2.00. The second-order valence-electron chi connectivity index (χ2n) is 4.60. The van der Waals surface area contributed by atoms with E-state index in [9.17, 15) is 4.79 Å². The first-order valence-corrected chi connectivity index (χ1v) is 6.92. The molecule has 0 aliphatic carbocycles. The van der Waals surface area contributed by atoms with Gasteiger partial charge in [0.1, 0.15) is 5.75 Å². The summed E-state index contributed by atoms with van der Waals surface area (Å²) < 4.78 is 5.23. The summed E-state index contributed by atoms with van der Waals surface area (Å²) in [6.45, 7) is 0.624. The molecular formula is C18H19NO2. The average Bonchev–Trinajstić information content (AvgIpc) is 2.54. The first kappa shape index (κ1) is 14.9. The first-order valence-electron chi connectivity index (χ1n) is 6.92. The van der Waals surface area contributed by atoms with E-state index in [4.69, 9.17) is 4.74 Å². The van der Waals surface area contributed by atoms with Gasteiger partial charge < -0.3 is 10.1 Å². The highest BCUT2D eigenvalue weighted by molar-refractivity contribution is 5.92. The van der Waals surface area contributed by atoms with E-state index in [0.717, 1.165) is 17.7 Å². The van der Waals surface area contributed by atoms with Crippen LogP contribution >= 0.6 is 0 Å². The van der Waals surface area contributed by atoms with Crippen molar-refractivity contribution in [2.45, 2.75) is 6.42 Å². The highest BCUT2D eigenvalue weighted by atomic mass is 16.5. The number of methoxy groups -OCH3 is 1. The third kappa shape index (κ3) is 4.80. The SMILES string of the molecule is COc1ccccc1C=CC(=O)NCCc1ccccc1. The molecule has 0 aliphatic heterocycles. The molecule has 0 atom stereocenters. The van der Waals surface area contributed by atoms with Crippen LogP contribution in [-0.2, 0) is 11.2 Å². The van der Waals surface area contributed by atoms with Gasteiger partial charge in [0.2, 0.25) is 5.91 Å². The van der Waals surface area contributed by atoms with Gasteiger partial charge in [-0.25, -0.2) is 0 Å². The number of carbonyl (C=O) groups is 1. The van der Waals surface area contributed by atoms with Crippen LogP contribution in [0.4, 0.5) is 0 Å². The second kappa shape index (κ2) is 7.90. The van der Waals surface area contributed by atoms with E-state index in [1.54, 1.807) is 13.2 Å².